The largest absolute Gasteiger partial charge is 0.488 e. The van der Waals surface area contributed by atoms with Crippen molar-refractivity contribution in [2.24, 2.45) is 5.73 Å². The molecule has 20 heavy (non-hydrogen) atoms. The summed E-state index contributed by atoms with van der Waals surface area (Å²) in [6, 6.07) is 11.9. The first-order chi connectivity index (χ1) is 9.61. The lowest BCUT2D eigenvalue weighted by atomic mass is 10.0. The van der Waals surface area contributed by atoms with E-state index < -0.39 is 0 Å². The fourth-order valence-corrected chi connectivity index (χ4v) is 2.14. The van der Waals surface area contributed by atoms with Gasteiger partial charge in [-0.25, -0.2) is 4.39 Å². The second kappa shape index (κ2) is 6.73. The normalized spacial score (nSPS) is 12.2. The maximum absolute atomic E-state index is 13.6. The number of halogens is 2. The summed E-state index contributed by atoms with van der Waals surface area (Å²) in [6.45, 7) is 2.14. The Morgan fingerprint density at radius 2 is 2.00 bits per heavy atom. The summed E-state index contributed by atoms with van der Waals surface area (Å²) in [5.74, 6) is 0.355. The molecule has 106 valence electrons. The van der Waals surface area contributed by atoms with Gasteiger partial charge < -0.3 is 10.5 Å². The number of hydrogen-bond donors (Lipinski definition) is 1. The highest BCUT2D eigenvalue weighted by molar-refractivity contribution is 6.30. The van der Waals surface area contributed by atoms with E-state index in [2.05, 4.69) is 0 Å². The van der Waals surface area contributed by atoms with E-state index >= 15 is 0 Å². The van der Waals surface area contributed by atoms with Crippen LogP contribution in [0.5, 0.6) is 5.75 Å². The zero-order chi connectivity index (χ0) is 14.5. The topological polar surface area (TPSA) is 35.2 Å². The Labute approximate surface area is 123 Å². The van der Waals surface area contributed by atoms with E-state index in [-0.39, 0.29) is 18.5 Å². The molecule has 2 nitrogen and oxygen atoms in total. The predicted molar refractivity (Wildman–Crippen MR) is 79.4 cm³/mol. The molecule has 2 rings (SSSR count). The van der Waals surface area contributed by atoms with Crippen LogP contribution in [0.15, 0.2) is 42.5 Å². The summed E-state index contributed by atoms with van der Waals surface area (Å²) in [5.41, 5.74) is 7.40. The van der Waals surface area contributed by atoms with Crippen LogP contribution in [0.25, 0.3) is 0 Å². The molecular weight excluding hydrogens is 277 g/mol. The van der Waals surface area contributed by atoms with Gasteiger partial charge in [0.05, 0.1) is 0 Å². The number of nitrogens with two attached hydrogens (primary N) is 1. The molecule has 0 aliphatic heterocycles. The number of rotatable bonds is 5. The molecule has 0 aliphatic carbocycles. The van der Waals surface area contributed by atoms with Crippen molar-refractivity contribution in [3.63, 3.8) is 0 Å². The number of hydrogen-bond acceptors (Lipinski definition) is 2. The molecule has 2 aromatic rings. The number of ether oxygens (including phenoxy) is 1. The highest BCUT2D eigenvalue weighted by Gasteiger charge is 2.11. The third kappa shape index (κ3) is 3.50. The third-order valence-corrected chi connectivity index (χ3v) is 3.38. The molecule has 0 heterocycles. The van der Waals surface area contributed by atoms with Gasteiger partial charge in [-0.15, -0.1) is 0 Å². The fourth-order valence-electron chi connectivity index (χ4n) is 1.95. The molecule has 0 saturated carbocycles. The average Bonchev–Trinajstić information content (AvgIpc) is 2.47. The maximum atomic E-state index is 13.6. The highest BCUT2D eigenvalue weighted by Crippen LogP contribution is 2.26. The van der Waals surface area contributed by atoms with Crippen molar-refractivity contribution in [3.8, 4) is 5.75 Å². The van der Waals surface area contributed by atoms with Gasteiger partial charge in [0.25, 0.3) is 0 Å². The molecule has 0 amide bonds. The minimum absolute atomic E-state index is 0.0876. The zero-order valence-corrected chi connectivity index (χ0v) is 12.0. The monoisotopic (exact) mass is 293 g/mol. The van der Waals surface area contributed by atoms with Crippen molar-refractivity contribution < 1.29 is 9.13 Å². The predicted octanol–water partition coefficient (Wildman–Crippen LogP) is 4.47. The summed E-state index contributed by atoms with van der Waals surface area (Å²) in [6.07, 6.45) is 0.811. The van der Waals surface area contributed by atoms with Gasteiger partial charge in [-0.2, -0.15) is 0 Å². The summed E-state index contributed by atoms with van der Waals surface area (Å²) in [5, 5.41) is 0.489. The smallest absolute Gasteiger partial charge is 0.129 e. The van der Waals surface area contributed by atoms with Gasteiger partial charge in [0, 0.05) is 22.2 Å². The van der Waals surface area contributed by atoms with Gasteiger partial charge in [0.15, 0.2) is 0 Å². The molecule has 0 fully saturated rings. The molecule has 2 aromatic carbocycles. The van der Waals surface area contributed by atoms with Crippen LogP contribution in [0, 0.1) is 5.82 Å². The Morgan fingerprint density at radius 1 is 1.25 bits per heavy atom. The first kappa shape index (κ1) is 14.8. The SMILES string of the molecule is CC[C@@H](N)c1ccccc1OCc1cc(Cl)ccc1F. The van der Waals surface area contributed by atoms with E-state index in [1.165, 1.54) is 12.1 Å². The third-order valence-electron chi connectivity index (χ3n) is 3.15. The van der Waals surface area contributed by atoms with Gasteiger partial charge in [-0.3, -0.25) is 0 Å². The highest BCUT2D eigenvalue weighted by atomic mass is 35.5. The van der Waals surface area contributed by atoms with Crippen LogP contribution in [0.3, 0.4) is 0 Å². The Morgan fingerprint density at radius 3 is 2.75 bits per heavy atom. The lowest BCUT2D eigenvalue weighted by Crippen LogP contribution is -2.11. The summed E-state index contributed by atoms with van der Waals surface area (Å²) < 4.78 is 19.3. The standard InChI is InChI=1S/C16H17ClFNO/c1-2-15(19)13-5-3-4-6-16(13)20-10-11-9-12(17)7-8-14(11)18/h3-9,15H,2,10,19H2,1H3/t15-/m1/s1. The van der Waals surface area contributed by atoms with Crippen LogP contribution in [0.1, 0.15) is 30.5 Å². The first-order valence-corrected chi connectivity index (χ1v) is 6.91. The van der Waals surface area contributed by atoms with Gasteiger partial charge in [0.1, 0.15) is 18.2 Å². The van der Waals surface area contributed by atoms with Crippen LogP contribution in [0.4, 0.5) is 4.39 Å². The maximum Gasteiger partial charge on any atom is 0.129 e. The van der Waals surface area contributed by atoms with Gasteiger partial charge in [0.2, 0.25) is 0 Å². The molecular formula is C16H17ClFNO. The van der Waals surface area contributed by atoms with E-state index in [9.17, 15) is 4.39 Å². The van der Waals surface area contributed by atoms with E-state index in [0.717, 1.165) is 12.0 Å². The molecule has 2 N–H and O–H groups in total. The van der Waals surface area contributed by atoms with Crippen molar-refractivity contribution in [2.45, 2.75) is 26.0 Å². The van der Waals surface area contributed by atoms with Gasteiger partial charge in [-0.1, -0.05) is 36.7 Å². The minimum Gasteiger partial charge on any atom is -0.488 e. The van der Waals surface area contributed by atoms with Crippen LogP contribution < -0.4 is 10.5 Å². The second-order valence-corrected chi connectivity index (χ2v) is 5.01. The Kier molecular flexibility index (Phi) is 4.99. The molecule has 0 spiro atoms. The van der Waals surface area contributed by atoms with Crippen molar-refractivity contribution in [3.05, 3.63) is 64.4 Å². The van der Waals surface area contributed by atoms with E-state index in [4.69, 9.17) is 22.1 Å². The Hall–Kier alpha value is -1.58. The van der Waals surface area contributed by atoms with E-state index in [1.807, 2.05) is 31.2 Å². The molecule has 0 unspecified atom stereocenters. The fraction of sp³-hybridized carbons (Fsp3) is 0.250. The van der Waals surface area contributed by atoms with Crippen molar-refractivity contribution in [1.29, 1.82) is 0 Å². The zero-order valence-electron chi connectivity index (χ0n) is 11.3. The lowest BCUT2D eigenvalue weighted by Gasteiger charge is -2.16. The summed E-state index contributed by atoms with van der Waals surface area (Å²) >= 11 is 5.86. The first-order valence-electron chi connectivity index (χ1n) is 6.53. The Balaban J connectivity index is 2.17. The lowest BCUT2D eigenvalue weighted by molar-refractivity contribution is 0.294. The summed E-state index contributed by atoms with van der Waals surface area (Å²) in [7, 11) is 0. The Bertz CT molecular complexity index is 588. The van der Waals surface area contributed by atoms with Crippen molar-refractivity contribution in [1.82, 2.24) is 0 Å². The molecule has 0 aromatic heterocycles. The van der Waals surface area contributed by atoms with Crippen molar-refractivity contribution in [2.75, 3.05) is 0 Å². The van der Waals surface area contributed by atoms with Gasteiger partial charge in [-0.05, 0) is 30.7 Å². The molecule has 0 radical (unpaired) electrons. The van der Waals surface area contributed by atoms with Crippen LogP contribution in [0.2, 0.25) is 5.02 Å². The molecule has 0 aliphatic rings. The molecule has 0 saturated heterocycles. The van der Waals surface area contributed by atoms with Crippen LogP contribution in [-0.2, 0) is 6.61 Å². The van der Waals surface area contributed by atoms with Crippen LogP contribution >= 0.6 is 11.6 Å². The van der Waals surface area contributed by atoms with Gasteiger partial charge >= 0.3 is 0 Å². The van der Waals surface area contributed by atoms with Crippen molar-refractivity contribution >= 4 is 11.6 Å². The van der Waals surface area contributed by atoms with Crippen LogP contribution in [-0.4, -0.2) is 0 Å². The summed E-state index contributed by atoms with van der Waals surface area (Å²) in [4.78, 5) is 0. The minimum atomic E-state index is -0.327. The average molecular weight is 294 g/mol. The second-order valence-electron chi connectivity index (χ2n) is 4.58. The number of benzene rings is 2. The quantitative estimate of drug-likeness (QED) is 0.883. The molecule has 1 atom stereocenters. The molecule has 4 heteroatoms. The number of para-hydroxylation sites is 1. The van der Waals surface area contributed by atoms with E-state index in [0.29, 0.717) is 16.3 Å². The van der Waals surface area contributed by atoms with E-state index in [1.54, 1.807) is 6.07 Å². The molecule has 0 bridgehead atoms.